The second kappa shape index (κ2) is 7.77. The van der Waals surface area contributed by atoms with E-state index in [-0.39, 0.29) is 30.3 Å². The van der Waals surface area contributed by atoms with E-state index in [2.05, 4.69) is 45.2 Å². The van der Waals surface area contributed by atoms with E-state index in [1.165, 1.54) is 22.2 Å². The van der Waals surface area contributed by atoms with Crippen molar-refractivity contribution in [2.45, 2.75) is 38.3 Å². The topological polar surface area (TPSA) is 110 Å². The summed E-state index contributed by atoms with van der Waals surface area (Å²) in [7, 11) is 2.12. The highest BCUT2D eigenvalue weighted by Gasteiger charge is 2.35. The Morgan fingerprint density at radius 1 is 1.29 bits per heavy atom. The summed E-state index contributed by atoms with van der Waals surface area (Å²) < 4.78 is 10.8. The van der Waals surface area contributed by atoms with Crippen LogP contribution in [0.1, 0.15) is 23.2 Å². The molecule has 2 aliphatic heterocycles. The van der Waals surface area contributed by atoms with Crippen LogP contribution < -0.4 is 15.0 Å². The Hall–Kier alpha value is -3.27. The third-order valence-electron chi connectivity index (χ3n) is 6.17. The standard InChI is InChI=1S/C21H24N6O4/c1-12-16-8-14(7-13(16)3-5-22-12)26(2)6-4-15-10-27(21(29)31-15)17-9-23-20-19(24-17)25-18(28)11-30-20/h3,5,9,14-15H,4,6-8,10-11H2,1-2H3,(H,24,25,28). The molecular formula is C21H24N6O4. The Labute approximate surface area is 179 Å². The Kier molecular flexibility index (Phi) is 4.93. The molecule has 2 amide bonds. The molecule has 1 N–H and O–H groups in total. The van der Waals surface area contributed by atoms with E-state index >= 15 is 0 Å². The molecule has 162 valence electrons. The van der Waals surface area contributed by atoms with Gasteiger partial charge in [-0.15, -0.1) is 0 Å². The van der Waals surface area contributed by atoms with Crippen LogP contribution in [0.2, 0.25) is 0 Å². The predicted molar refractivity (Wildman–Crippen MR) is 111 cm³/mol. The fourth-order valence-electron chi connectivity index (χ4n) is 4.37. The summed E-state index contributed by atoms with van der Waals surface area (Å²) in [6.07, 6.45) is 5.39. The molecule has 31 heavy (non-hydrogen) atoms. The van der Waals surface area contributed by atoms with Crippen molar-refractivity contribution in [3.63, 3.8) is 0 Å². The van der Waals surface area contributed by atoms with Crippen molar-refractivity contribution < 1.29 is 19.1 Å². The molecule has 2 unspecified atom stereocenters. The largest absolute Gasteiger partial charge is 0.465 e. The van der Waals surface area contributed by atoms with Crippen molar-refractivity contribution in [3.05, 3.63) is 35.3 Å². The van der Waals surface area contributed by atoms with Gasteiger partial charge in [-0.25, -0.2) is 14.8 Å². The molecule has 0 saturated carbocycles. The Morgan fingerprint density at radius 3 is 3.00 bits per heavy atom. The summed E-state index contributed by atoms with van der Waals surface area (Å²) in [4.78, 5) is 40.6. The maximum atomic E-state index is 12.4. The average Bonchev–Trinajstić information content (AvgIpc) is 3.36. The zero-order valence-electron chi connectivity index (χ0n) is 17.5. The summed E-state index contributed by atoms with van der Waals surface area (Å²) >= 11 is 0. The van der Waals surface area contributed by atoms with Crippen molar-refractivity contribution in [1.82, 2.24) is 19.9 Å². The molecule has 5 rings (SSSR count). The SMILES string of the molecule is Cc1nccc2c1CC(N(C)CCC1CN(c3cnc4c(n3)NC(=O)CO4)C(=O)O1)C2. The van der Waals surface area contributed by atoms with Crippen LogP contribution in [0.4, 0.5) is 16.4 Å². The number of aryl methyl sites for hydroxylation is 1. The van der Waals surface area contributed by atoms with Crippen molar-refractivity contribution in [2.75, 3.05) is 37.0 Å². The molecule has 2 aromatic heterocycles. The highest BCUT2D eigenvalue weighted by molar-refractivity contribution is 5.94. The predicted octanol–water partition coefficient (Wildman–Crippen LogP) is 1.33. The number of carbonyl (C=O) groups excluding carboxylic acids is 2. The monoisotopic (exact) mass is 424 g/mol. The lowest BCUT2D eigenvalue weighted by molar-refractivity contribution is -0.118. The van der Waals surface area contributed by atoms with Gasteiger partial charge < -0.3 is 19.7 Å². The number of aromatic nitrogens is 3. The normalized spacial score (nSPS) is 22.1. The molecule has 2 aromatic rings. The van der Waals surface area contributed by atoms with Gasteiger partial charge in [-0.05, 0) is 50.4 Å². The number of cyclic esters (lactones) is 1. The molecule has 4 heterocycles. The third-order valence-corrected chi connectivity index (χ3v) is 6.17. The minimum atomic E-state index is -0.458. The maximum Gasteiger partial charge on any atom is 0.415 e. The Bertz CT molecular complexity index is 1040. The summed E-state index contributed by atoms with van der Waals surface area (Å²) in [5.74, 6) is 0.496. The number of fused-ring (bicyclic) bond motifs is 2. The zero-order chi connectivity index (χ0) is 21.5. The van der Waals surface area contributed by atoms with E-state index in [9.17, 15) is 9.59 Å². The molecule has 3 aliphatic rings. The fraction of sp³-hybridized carbons (Fsp3) is 0.476. The van der Waals surface area contributed by atoms with Crippen LogP contribution >= 0.6 is 0 Å². The summed E-state index contributed by atoms with van der Waals surface area (Å²) in [5.41, 5.74) is 3.85. The number of pyridine rings is 1. The molecule has 0 radical (unpaired) electrons. The molecule has 10 nitrogen and oxygen atoms in total. The first-order valence-electron chi connectivity index (χ1n) is 10.4. The number of rotatable bonds is 5. The minimum Gasteiger partial charge on any atom is -0.465 e. The second-order valence-corrected chi connectivity index (χ2v) is 8.20. The van der Waals surface area contributed by atoms with Crippen molar-refractivity contribution >= 4 is 23.6 Å². The molecular weight excluding hydrogens is 400 g/mol. The molecule has 1 fully saturated rings. The number of hydrogen-bond acceptors (Lipinski definition) is 8. The summed E-state index contributed by atoms with van der Waals surface area (Å²) in [5, 5.41) is 2.61. The van der Waals surface area contributed by atoms with Gasteiger partial charge in [0, 0.05) is 24.5 Å². The van der Waals surface area contributed by atoms with Crippen molar-refractivity contribution in [1.29, 1.82) is 0 Å². The molecule has 0 aromatic carbocycles. The summed E-state index contributed by atoms with van der Waals surface area (Å²) in [6, 6.07) is 2.54. The number of carbonyl (C=O) groups is 2. The third kappa shape index (κ3) is 3.78. The Balaban J connectivity index is 1.18. The van der Waals surface area contributed by atoms with Crippen LogP contribution in [0.25, 0.3) is 0 Å². The minimum absolute atomic E-state index is 0.0927. The summed E-state index contributed by atoms with van der Waals surface area (Å²) in [6.45, 7) is 3.18. The molecule has 2 atom stereocenters. The van der Waals surface area contributed by atoms with Gasteiger partial charge in [0.15, 0.2) is 18.2 Å². The first-order valence-corrected chi connectivity index (χ1v) is 10.4. The Morgan fingerprint density at radius 2 is 2.16 bits per heavy atom. The average molecular weight is 424 g/mol. The number of nitrogens with one attached hydrogen (secondary N) is 1. The van der Waals surface area contributed by atoms with Gasteiger partial charge in [-0.2, -0.15) is 0 Å². The van der Waals surface area contributed by atoms with Crippen LogP contribution in [0.15, 0.2) is 18.5 Å². The second-order valence-electron chi connectivity index (χ2n) is 8.20. The molecule has 10 heteroatoms. The number of nitrogens with zero attached hydrogens (tertiary/aromatic N) is 5. The number of amides is 2. The van der Waals surface area contributed by atoms with Gasteiger partial charge in [0.05, 0.1) is 12.7 Å². The van der Waals surface area contributed by atoms with Gasteiger partial charge in [-0.3, -0.25) is 14.7 Å². The van der Waals surface area contributed by atoms with Gasteiger partial charge >= 0.3 is 6.09 Å². The molecule has 0 bridgehead atoms. The van der Waals surface area contributed by atoms with Crippen LogP contribution in [-0.4, -0.2) is 70.7 Å². The van der Waals surface area contributed by atoms with Crippen LogP contribution in [0, 0.1) is 6.92 Å². The highest BCUT2D eigenvalue weighted by atomic mass is 16.6. The molecule has 1 saturated heterocycles. The van der Waals surface area contributed by atoms with Crippen LogP contribution in [0.3, 0.4) is 0 Å². The van der Waals surface area contributed by atoms with Gasteiger partial charge in [0.1, 0.15) is 6.10 Å². The van der Waals surface area contributed by atoms with E-state index in [4.69, 9.17) is 9.47 Å². The van der Waals surface area contributed by atoms with E-state index in [0.717, 1.165) is 31.5 Å². The highest BCUT2D eigenvalue weighted by Crippen LogP contribution is 2.29. The van der Waals surface area contributed by atoms with Crippen LogP contribution in [0.5, 0.6) is 5.88 Å². The van der Waals surface area contributed by atoms with E-state index in [0.29, 0.717) is 18.4 Å². The first kappa shape index (κ1) is 19.7. The smallest absolute Gasteiger partial charge is 0.415 e. The van der Waals surface area contributed by atoms with Gasteiger partial charge in [-0.1, -0.05) is 0 Å². The quantitative estimate of drug-likeness (QED) is 0.766. The first-order chi connectivity index (χ1) is 15.0. The van der Waals surface area contributed by atoms with Gasteiger partial charge in [0.2, 0.25) is 0 Å². The van der Waals surface area contributed by atoms with E-state index in [1.54, 1.807) is 0 Å². The number of anilines is 2. The number of hydrogen-bond donors (Lipinski definition) is 1. The van der Waals surface area contributed by atoms with Crippen molar-refractivity contribution in [2.24, 2.45) is 0 Å². The van der Waals surface area contributed by atoms with E-state index < -0.39 is 6.09 Å². The van der Waals surface area contributed by atoms with Crippen molar-refractivity contribution in [3.8, 4) is 5.88 Å². The lowest BCUT2D eigenvalue weighted by Gasteiger charge is -2.25. The molecule has 0 spiro atoms. The maximum absolute atomic E-state index is 12.4. The number of likely N-dealkylation sites (N-methyl/N-ethyl adjacent to an activating group) is 1. The number of ether oxygens (including phenoxy) is 2. The molecule has 1 aliphatic carbocycles. The fourth-order valence-corrected chi connectivity index (χ4v) is 4.37. The lowest BCUT2D eigenvalue weighted by Crippen LogP contribution is -2.35. The van der Waals surface area contributed by atoms with Crippen LogP contribution in [-0.2, 0) is 22.4 Å². The van der Waals surface area contributed by atoms with E-state index in [1.807, 2.05) is 6.20 Å². The van der Waals surface area contributed by atoms with Gasteiger partial charge in [0.25, 0.3) is 11.8 Å². The lowest BCUT2D eigenvalue weighted by atomic mass is 10.1. The zero-order valence-corrected chi connectivity index (χ0v) is 17.5.